The van der Waals surface area contributed by atoms with Crippen LogP contribution in [0.2, 0.25) is 0 Å². The molecule has 2 N–H and O–H groups in total. The van der Waals surface area contributed by atoms with Gasteiger partial charge in [0.15, 0.2) is 0 Å². The molecule has 0 aliphatic carbocycles. The third-order valence-electron chi connectivity index (χ3n) is 4.84. The summed E-state index contributed by atoms with van der Waals surface area (Å²) >= 11 is 0. The summed E-state index contributed by atoms with van der Waals surface area (Å²) in [6.07, 6.45) is 0. The number of rotatable bonds is 9. The molecule has 2 unspecified atom stereocenters. The van der Waals surface area contributed by atoms with Crippen molar-refractivity contribution in [2.24, 2.45) is 0 Å². The SMILES string of the molecule is CC(C)[N+](C)(CCO)CC[N+](C)(CCO)C(C)C. The van der Waals surface area contributed by atoms with Gasteiger partial charge in [-0.3, -0.25) is 0 Å². The van der Waals surface area contributed by atoms with E-state index in [-0.39, 0.29) is 13.2 Å². The third-order valence-corrected chi connectivity index (χ3v) is 4.84. The molecule has 0 aromatic rings. The van der Waals surface area contributed by atoms with Gasteiger partial charge in [0.05, 0.1) is 39.4 Å². The maximum Gasteiger partial charge on any atom is 0.129 e. The Morgan fingerprint density at radius 2 is 0.944 bits per heavy atom. The standard InChI is InChI=1S/C14H34N2O2/c1-13(2)15(5,9-11-17)7-8-16(6,10-12-18)14(3)4/h13-14,17-18H,7-12H2,1-6H3/q+2. The third kappa shape index (κ3) is 4.84. The molecule has 18 heavy (non-hydrogen) atoms. The van der Waals surface area contributed by atoms with Crippen LogP contribution in [0.4, 0.5) is 0 Å². The molecule has 4 heteroatoms. The average molecular weight is 262 g/mol. The predicted octanol–water partition coefficient (Wildman–Crippen LogP) is 0.681. The van der Waals surface area contributed by atoms with E-state index in [1.165, 1.54) is 0 Å². The molecule has 0 saturated carbocycles. The number of aliphatic hydroxyl groups excluding tert-OH is 2. The Morgan fingerprint density at radius 3 is 1.11 bits per heavy atom. The Labute approximate surface area is 113 Å². The summed E-state index contributed by atoms with van der Waals surface area (Å²) in [5, 5.41) is 18.5. The van der Waals surface area contributed by atoms with Crippen LogP contribution in [0.1, 0.15) is 27.7 Å². The van der Waals surface area contributed by atoms with E-state index in [4.69, 9.17) is 0 Å². The highest BCUT2D eigenvalue weighted by Crippen LogP contribution is 2.15. The van der Waals surface area contributed by atoms with Crippen molar-refractivity contribution in [1.82, 2.24) is 0 Å². The van der Waals surface area contributed by atoms with Crippen molar-refractivity contribution in [2.75, 3.05) is 53.5 Å². The minimum atomic E-state index is 0.236. The van der Waals surface area contributed by atoms with Crippen LogP contribution in [0.25, 0.3) is 0 Å². The van der Waals surface area contributed by atoms with E-state index in [2.05, 4.69) is 41.8 Å². The van der Waals surface area contributed by atoms with Crippen LogP contribution in [0.15, 0.2) is 0 Å². The summed E-state index contributed by atoms with van der Waals surface area (Å²) < 4.78 is 1.78. The van der Waals surface area contributed by atoms with Crippen LogP contribution >= 0.6 is 0 Å². The monoisotopic (exact) mass is 262 g/mol. The lowest BCUT2D eigenvalue weighted by atomic mass is 10.2. The molecule has 110 valence electrons. The molecule has 0 amide bonds. The second-order valence-corrected chi connectivity index (χ2v) is 6.49. The van der Waals surface area contributed by atoms with Gasteiger partial charge in [-0.2, -0.15) is 0 Å². The minimum Gasteiger partial charge on any atom is -0.391 e. The van der Waals surface area contributed by atoms with Gasteiger partial charge in [0, 0.05) is 0 Å². The number of quaternary nitrogens is 2. The highest BCUT2D eigenvalue weighted by Gasteiger charge is 2.32. The molecule has 0 bridgehead atoms. The second kappa shape index (κ2) is 7.43. The highest BCUT2D eigenvalue weighted by atomic mass is 16.3. The Kier molecular flexibility index (Phi) is 7.37. The lowest BCUT2D eigenvalue weighted by Crippen LogP contribution is -2.60. The molecule has 0 aliphatic rings. The first-order chi connectivity index (χ1) is 8.22. The minimum absolute atomic E-state index is 0.236. The van der Waals surface area contributed by atoms with Gasteiger partial charge in [0.2, 0.25) is 0 Å². The zero-order valence-corrected chi connectivity index (χ0v) is 13.2. The second-order valence-electron chi connectivity index (χ2n) is 6.49. The molecule has 0 rings (SSSR count). The normalized spacial score (nSPS) is 19.0. The predicted molar refractivity (Wildman–Crippen MR) is 76.3 cm³/mol. The van der Waals surface area contributed by atoms with Gasteiger partial charge in [-0.15, -0.1) is 0 Å². The van der Waals surface area contributed by atoms with E-state index in [0.29, 0.717) is 12.1 Å². The zero-order valence-electron chi connectivity index (χ0n) is 13.2. The summed E-state index contributed by atoms with van der Waals surface area (Å²) in [5.41, 5.74) is 0. The molecule has 0 spiro atoms. The largest absolute Gasteiger partial charge is 0.391 e. The lowest BCUT2D eigenvalue weighted by Gasteiger charge is -2.43. The first-order valence-corrected chi connectivity index (χ1v) is 7.12. The van der Waals surface area contributed by atoms with Crippen LogP contribution in [0, 0.1) is 0 Å². The quantitative estimate of drug-likeness (QED) is 0.600. The maximum atomic E-state index is 9.23. The van der Waals surface area contributed by atoms with Crippen LogP contribution in [0.5, 0.6) is 0 Å². The fourth-order valence-corrected chi connectivity index (χ4v) is 2.17. The zero-order chi connectivity index (χ0) is 14.4. The Bertz CT molecular complexity index is 210. The molecule has 0 saturated heterocycles. The number of hydrogen-bond acceptors (Lipinski definition) is 2. The molecule has 4 nitrogen and oxygen atoms in total. The van der Waals surface area contributed by atoms with E-state index in [9.17, 15) is 10.2 Å². The van der Waals surface area contributed by atoms with Crippen molar-refractivity contribution in [3.05, 3.63) is 0 Å². The lowest BCUT2D eigenvalue weighted by molar-refractivity contribution is -0.982. The van der Waals surface area contributed by atoms with Gasteiger partial charge in [-0.1, -0.05) is 0 Å². The van der Waals surface area contributed by atoms with E-state index < -0.39 is 0 Å². The van der Waals surface area contributed by atoms with Gasteiger partial charge in [-0.05, 0) is 27.7 Å². The van der Waals surface area contributed by atoms with E-state index in [0.717, 1.165) is 35.1 Å². The molecule has 0 heterocycles. The number of aliphatic hydroxyl groups is 2. The summed E-state index contributed by atoms with van der Waals surface area (Å²) in [6, 6.07) is 1.01. The van der Waals surface area contributed by atoms with Crippen molar-refractivity contribution in [3.63, 3.8) is 0 Å². The Hall–Kier alpha value is -0.160. The smallest absolute Gasteiger partial charge is 0.129 e. The van der Waals surface area contributed by atoms with Crippen LogP contribution < -0.4 is 0 Å². The Morgan fingerprint density at radius 1 is 0.667 bits per heavy atom. The topological polar surface area (TPSA) is 40.5 Å². The highest BCUT2D eigenvalue weighted by molar-refractivity contribution is 4.50. The molecular weight excluding hydrogens is 228 g/mol. The maximum absolute atomic E-state index is 9.23. The molecule has 0 aromatic carbocycles. The van der Waals surface area contributed by atoms with E-state index in [1.807, 2.05) is 0 Å². The summed E-state index contributed by atoms with van der Waals surface area (Å²) in [6.45, 7) is 13.0. The van der Waals surface area contributed by atoms with Crippen LogP contribution in [-0.4, -0.2) is 84.8 Å². The van der Waals surface area contributed by atoms with Crippen molar-refractivity contribution < 1.29 is 19.2 Å². The van der Waals surface area contributed by atoms with Crippen molar-refractivity contribution in [1.29, 1.82) is 0 Å². The average Bonchev–Trinajstić information content (AvgIpc) is 2.27. The number of nitrogens with zero attached hydrogens (tertiary/aromatic N) is 2. The molecular formula is C14H34N2O2+2. The molecule has 0 fully saturated rings. The summed E-state index contributed by atoms with van der Waals surface area (Å²) in [4.78, 5) is 0. The van der Waals surface area contributed by atoms with Gasteiger partial charge < -0.3 is 19.2 Å². The van der Waals surface area contributed by atoms with Gasteiger partial charge in [-0.25, -0.2) is 0 Å². The van der Waals surface area contributed by atoms with Crippen molar-refractivity contribution in [2.45, 2.75) is 39.8 Å². The first kappa shape index (κ1) is 17.8. The van der Waals surface area contributed by atoms with Gasteiger partial charge in [0.25, 0.3) is 0 Å². The first-order valence-electron chi connectivity index (χ1n) is 7.12. The fourth-order valence-electron chi connectivity index (χ4n) is 2.17. The van der Waals surface area contributed by atoms with Gasteiger partial charge >= 0.3 is 0 Å². The molecule has 0 aromatic heterocycles. The Balaban J connectivity index is 4.66. The molecule has 0 aliphatic heterocycles. The van der Waals surface area contributed by atoms with E-state index in [1.54, 1.807) is 0 Å². The summed E-state index contributed by atoms with van der Waals surface area (Å²) in [7, 11) is 4.43. The van der Waals surface area contributed by atoms with Crippen molar-refractivity contribution in [3.8, 4) is 0 Å². The summed E-state index contributed by atoms with van der Waals surface area (Å²) in [5.74, 6) is 0. The molecule has 0 radical (unpaired) electrons. The number of hydrogen-bond donors (Lipinski definition) is 2. The van der Waals surface area contributed by atoms with Crippen LogP contribution in [-0.2, 0) is 0 Å². The van der Waals surface area contributed by atoms with Crippen LogP contribution in [0.3, 0.4) is 0 Å². The number of likely N-dealkylation sites (N-methyl/N-ethyl adjacent to an activating group) is 2. The van der Waals surface area contributed by atoms with Crippen molar-refractivity contribution >= 4 is 0 Å². The van der Waals surface area contributed by atoms with E-state index >= 15 is 0 Å². The molecule has 2 atom stereocenters. The van der Waals surface area contributed by atoms with Gasteiger partial charge in [0.1, 0.15) is 26.2 Å². The fraction of sp³-hybridized carbons (Fsp3) is 1.00.